The Morgan fingerprint density at radius 3 is 1.03 bits per heavy atom. The van der Waals surface area contributed by atoms with E-state index < -0.39 is 42.1 Å². The van der Waals surface area contributed by atoms with Gasteiger partial charge in [0.05, 0.1) is 27.8 Å². The van der Waals surface area contributed by atoms with Crippen LogP contribution in [0.3, 0.4) is 0 Å². The number of carbonyl (C=O) groups excluding carboxylic acids is 2. The summed E-state index contributed by atoms with van der Waals surface area (Å²) in [6.45, 7) is 16.3. The van der Waals surface area contributed by atoms with Crippen LogP contribution in [-0.4, -0.2) is 48.2 Å². The molecule has 1 spiro atoms. The normalized spacial score (nSPS) is 19.3. The Morgan fingerprint density at radius 1 is 0.373 bits per heavy atom. The van der Waals surface area contributed by atoms with E-state index in [9.17, 15) is 9.59 Å². The van der Waals surface area contributed by atoms with Gasteiger partial charge in [0.1, 0.15) is 0 Å². The van der Waals surface area contributed by atoms with Gasteiger partial charge in [-0.05, 0) is 123 Å². The average Bonchev–Trinajstić information content (AvgIpc) is 3.85. The van der Waals surface area contributed by atoms with Crippen LogP contribution >= 0.6 is 0 Å². The molecule has 2 aliphatic heterocycles. The molecule has 0 saturated carbocycles. The fourth-order valence-corrected chi connectivity index (χ4v) is 9.30. The minimum atomic E-state index is -0.744. The first-order chi connectivity index (χ1) is 28.0. The van der Waals surface area contributed by atoms with Crippen LogP contribution in [0.2, 0.25) is 0 Å². The zero-order valence-corrected chi connectivity index (χ0v) is 34.8. The Morgan fingerprint density at radius 2 is 0.678 bits per heavy atom. The summed E-state index contributed by atoms with van der Waals surface area (Å²) < 4.78 is 25.1. The summed E-state index contributed by atoms with van der Waals surface area (Å²) in [4.78, 5) is 28.8. The maximum atomic E-state index is 14.4. The lowest BCUT2D eigenvalue weighted by atomic mass is 9.70. The summed E-state index contributed by atoms with van der Waals surface area (Å²) in [6.07, 6.45) is 0. The van der Waals surface area contributed by atoms with Crippen molar-refractivity contribution in [2.24, 2.45) is 0 Å². The second-order valence-corrected chi connectivity index (χ2v) is 18.4. The highest BCUT2D eigenvalue weighted by molar-refractivity contribution is 6.62. The van der Waals surface area contributed by atoms with Gasteiger partial charge in [0.25, 0.3) is 0 Å². The van der Waals surface area contributed by atoms with Gasteiger partial charge >= 0.3 is 14.2 Å². The van der Waals surface area contributed by atoms with Gasteiger partial charge in [-0.3, -0.25) is 9.59 Å². The van der Waals surface area contributed by atoms with E-state index in [1.54, 1.807) is 0 Å². The fourth-order valence-electron chi connectivity index (χ4n) is 9.30. The van der Waals surface area contributed by atoms with Crippen LogP contribution in [0.1, 0.15) is 109 Å². The predicted octanol–water partition coefficient (Wildman–Crippen LogP) is 9.09. The zero-order chi connectivity index (χ0) is 41.3. The first-order valence-electron chi connectivity index (χ1n) is 20.5. The van der Waals surface area contributed by atoms with E-state index >= 15 is 0 Å². The molecule has 6 nitrogen and oxygen atoms in total. The molecule has 6 aromatic carbocycles. The monoisotopic (exact) mass is 776 g/mol. The summed E-state index contributed by atoms with van der Waals surface area (Å²) in [5, 5.41) is 0. The van der Waals surface area contributed by atoms with Crippen molar-refractivity contribution in [3.63, 3.8) is 0 Å². The summed E-state index contributed by atoms with van der Waals surface area (Å²) in [5.41, 5.74) is 10.2. The molecule has 2 fully saturated rings. The van der Waals surface area contributed by atoms with E-state index in [2.05, 4.69) is 72.8 Å². The third-order valence-electron chi connectivity index (χ3n) is 14.0. The summed E-state index contributed by atoms with van der Waals surface area (Å²) in [6, 6.07) is 44.4. The highest BCUT2D eigenvalue weighted by Gasteiger charge is 2.54. The predicted molar refractivity (Wildman–Crippen MR) is 234 cm³/mol. The summed E-state index contributed by atoms with van der Waals surface area (Å²) in [5.74, 6) is -0.141. The molecule has 0 N–H and O–H groups in total. The topological polar surface area (TPSA) is 71.1 Å². The van der Waals surface area contributed by atoms with Crippen molar-refractivity contribution in [2.75, 3.05) is 0 Å². The van der Waals surface area contributed by atoms with Gasteiger partial charge in [0.2, 0.25) is 0 Å². The Hall–Kier alpha value is -5.37. The number of rotatable bonds is 6. The lowest BCUT2D eigenvalue weighted by Crippen LogP contribution is -2.41. The SMILES string of the molecule is CC1(C)OB(c2ccc(C(=O)c3ccc4c(c3)C3(c5ccccc5-4)c4ccccc4-c4ccc(C(=O)c5ccc(B6OC(C)(C)C(C)(C)O6)cc5)cc43)cc2)OC1(C)C. The van der Waals surface area contributed by atoms with Gasteiger partial charge in [-0.25, -0.2) is 0 Å². The number of benzene rings is 6. The summed E-state index contributed by atoms with van der Waals surface area (Å²) in [7, 11) is -1.02. The quantitative estimate of drug-likeness (QED) is 0.124. The van der Waals surface area contributed by atoms with Crippen molar-refractivity contribution >= 4 is 36.7 Å². The van der Waals surface area contributed by atoms with Crippen molar-refractivity contribution in [2.45, 2.75) is 83.2 Å². The number of hydrogen-bond donors (Lipinski definition) is 0. The van der Waals surface area contributed by atoms with Gasteiger partial charge in [0, 0.05) is 22.3 Å². The lowest BCUT2D eigenvalue weighted by Gasteiger charge is -2.32. The molecule has 2 saturated heterocycles. The molecule has 4 aliphatic rings. The third kappa shape index (κ3) is 5.50. The van der Waals surface area contributed by atoms with E-state index in [1.807, 2.05) is 116 Å². The second-order valence-electron chi connectivity index (χ2n) is 18.4. The standard InChI is InChI=1S/C51H46B2O6/c1-47(2)48(3,4)57-52(56-47)35-23-17-31(18-24-35)45(54)33-21-27-39-37-13-9-11-15-41(37)51(43(39)29-33)42-16-12-10-14-38(42)40-28-22-34(30-44(40)51)46(55)32-19-25-36(26-20-32)53-58-49(5,6)50(7,8)59-53/h9-30H,1-8H3. The average molecular weight is 777 g/mol. The molecule has 292 valence electrons. The molecule has 0 aromatic heterocycles. The zero-order valence-electron chi connectivity index (χ0n) is 34.8. The fraction of sp³-hybridized carbons (Fsp3) is 0.255. The van der Waals surface area contributed by atoms with Crippen molar-refractivity contribution in [3.05, 3.63) is 178 Å². The Kier molecular flexibility index (Phi) is 8.23. The van der Waals surface area contributed by atoms with Crippen molar-refractivity contribution in [1.29, 1.82) is 0 Å². The molecule has 8 heteroatoms. The molecule has 6 aromatic rings. The van der Waals surface area contributed by atoms with Crippen molar-refractivity contribution in [1.82, 2.24) is 0 Å². The molecule has 0 radical (unpaired) electrons. The van der Waals surface area contributed by atoms with E-state index in [0.717, 1.165) is 55.4 Å². The second kappa shape index (κ2) is 12.8. The van der Waals surface area contributed by atoms with Crippen LogP contribution in [0.15, 0.2) is 133 Å². The van der Waals surface area contributed by atoms with Gasteiger partial charge in [-0.1, -0.05) is 121 Å². The van der Waals surface area contributed by atoms with E-state index in [1.165, 1.54) is 0 Å². The molecule has 0 atom stereocenters. The molecule has 0 unspecified atom stereocenters. The van der Waals surface area contributed by atoms with Crippen LogP contribution in [0.4, 0.5) is 0 Å². The molecular formula is C51H46B2O6. The first-order valence-corrected chi connectivity index (χ1v) is 20.5. The highest BCUT2D eigenvalue weighted by atomic mass is 16.7. The lowest BCUT2D eigenvalue weighted by molar-refractivity contribution is 0.00578. The van der Waals surface area contributed by atoms with E-state index in [-0.39, 0.29) is 11.6 Å². The first kappa shape index (κ1) is 37.9. The molecule has 0 amide bonds. The Bertz CT molecular complexity index is 2510. The third-order valence-corrected chi connectivity index (χ3v) is 14.0. The van der Waals surface area contributed by atoms with E-state index in [0.29, 0.717) is 22.3 Å². The minimum absolute atomic E-state index is 0.0706. The van der Waals surface area contributed by atoms with Gasteiger partial charge in [-0.15, -0.1) is 0 Å². The molecule has 2 aliphatic carbocycles. The van der Waals surface area contributed by atoms with Crippen molar-refractivity contribution in [3.8, 4) is 22.3 Å². The van der Waals surface area contributed by atoms with E-state index in [4.69, 9.17) is 18.6 Å². The maximum absolute atomic E-state index is 14.4. The van der Waals surface area contributed by atoms with Crippen molar-refractivity contribution < 1.29 is 28.2 Å². The molecule has 2 heterocycles. The number of hydrogen-bond acceptors (Lipinski definition) is 6. The highest BCUT2D eigenvalue weighted by Crippen LogP contribution is 2.63. The van der Waals surface area contributed by atoms with Gasteiger partial charge in [-0.2, -0.15) is 0 Å². The van der Waals surface area contributed by atoms with Crippen LogP contribution in [0.25, 0.3) is 22.3 Å². The number of carbonyl (C=O) groups is 2. The molecule has 10 rings (SSSR count). The minimum Gasteiger partial charge on any atom is -0.399 e. The number of fused-ring (bicyclic) bond motifs is 10. The van der Waals surface area contributed by atoms with Gasteiger partial charge in [0.15, 0.2) is 11.6 Å². The Balaban J connectivity index is 1.04. The van der Waals surface area contributed by atoms with Crippen LogP contribution in [0, 0.1) is 0 Å². The number of ketones is 2. The maximum Gasteiger partial charge on any atom is 0.494 e. The molecule has 0 bridgehead atoms. The van der Waals surface area contributed by atoms with Crippen LogP contribution in [0.5, 0.6) is 0 Å². The van der Waals surface area contributed by atoms with Crippen LogP contribution < -0.4 is 10.9 Å². The summed E-state index contributed by atoms with van der Waals surface area (Å²) >= 11 is 0. The smallest absolute Gasteiger partial charge is 0.399 e. The molecular weight excluding hydrogens is 730 g/mol. The van der Waals surface area contributed by atoms with Gasteiger partial charge < -0.3 is 18.6 Å². The van der Waals surface area contributed by atoms with Crippen LogP contribution in [-0.2, 0) is 24.0 Å². The Labute approximate surface area is 347 Å². The largest absolute Gasteiger partial charge is 0.494 e. The molecule has 59 heavy (non-hydrogen) atoms.